The van der Waals surface area contributed by atoms with Crippen LogP contribution in [0.25, 0.3) is 0 Å². The van der Waals surface area contributed by atoms with Crippen LogP contribution in [-0.4, -0.2) is 12.4 Å². The third kappa shape index (κ3) is 4.53. The molecule has 0 aromatic carbocycles. The molecule has 0 bridgehead atoms. The fraction of sp³-hybridized carbons (Fsp3) is 0.455. The molecule has 0 heterocycles. The number of hydrogen-bond acceptors (Lipinski definition) is 0. The van der Waals surface area contributed by atoms with Crippen molar-refractivity contribution in [1.29, 1.82) is 0 Å². The lowest BCUT2D eigenvalue weighted by atomic mass is 9.74. The zero-order valence-electron chi connectivity index (χ0n) is 17.1. The van der Waals surface area contributed by atoms with E-state index in [1.165, 1.54) is 32.1 Å². The second-order valence-electron chi connectivity index (χ2n) is 6.21. The molecule has 1 aliphatic carbocycles. The topological polar surface area (TPSA) is 0 Å². The molecule has 0 spiro atoms. The summed E-state index contributed by atoms with van der Waals surface area (Å²) in [6, 6.07) is 0. The number of hydrogen-bond donors (Lipinski definition) is 0. The Bertz CT molecular complexity index is 678. The van der Waals surface area contributed by atoms with E-state index in [0.717, 1.165) is 18.2 Å². The minimum Gasteiger partial charge on any atom is -0.169 e. The first-order valence-corrected chi connectivity index (χ1v) is 9.09. The number of halogens is 6. The van der Waals surface area contributed by atoms with Gasteiger partial charge in [-0.1, -0.05) is 76.8 Å². The van der Waals surface area contributed by atoms with Crippen molar-refractivity contribution in [1.82, 2.24) is 0 Å². The molecule has 0 amide bonds. The first kappa shape index (κ1) is 26.0. The monoisotopic (exact) mass is 406 g/mol. The van der Waals surface area contributed by atoms with E-state index in [1.54, 1.807) is 19.9 Å². The van der Waals surface area contributed by atoms with E-state index in [1.807, 2.05) is 13.8 Å². The molecule has 0 atom stereocenters. The van der Waals surface area contributed by atoms with E-state index in [2.05, 4.69) is 6.58 Å². The van der Waals surface area contributed by atoms with Crippen LogP contribution in [0.1, 0.15) is 41.5 Å². The molecule has 0 saturated carbocycles. The summed E-state index contributed by atoms with van der Waals surface area (Å²) in [4.78, 5) is 0. The molecule has 0 saturated heterocycles. The van der Waals surface area contributed by atoms with Gasteiger partial charge in [0.05, 0.1) is 0 Å². The van der Waals surface area contributed by atoms with Crippen LogP contribution in [0, 0.1) is 11.3 Å². The molecule has 0 radical (unpaired) electrons. The van der Waals surface area contributed by atoms with Gasteiger partial charge in [-0.3, -0.25) is 0 Å². The summed E-state index contributed by atoms with van der Waals surface area (Å²) in [5.74, 6) is -0.0441. The van der Waals surface area contributed by atoms with E-state index in [9.17, 15) is 26.3 Å². The Balaban J connectivity index is 0.00000352. The lowest BCUT2D eigenvalue weighted by Gasteiger charge is -2.37. The molecule has 0 unspecified atom stereocenters. The van der Waals surface area contributed by atoms with Gasteiger partial charge in [-0.25, -0.2) is 0 Å². The largest absolute Gasteiger partial charge is 0.411 e. The van der Waals surface area contributed by atoms with Gasteiger partial charge >= 0.3 is 12.4 Å². The smallest absolute Gasteiger partial charge is 0.169 e. The standard InChI is InChI=1S/C20H22F6.C2H6/c1-6-9-16-14(8-3)15(12-11-13(4)5)17(10-7-2)18(16,19(21,22)23)20(24,25)26;1-2/h6-13H,3H2,1-2,4-5H3;1-2H3/b9-6-,10-7-,12-11-;. The molecule has 0 aromatic rings. The van der Waals surface area contributed by atoms with Gasteiger partial charge in [0.1, 0.15) is 0 Å². The van der Waals surface area contributed by atoms with Crippen LogP contribution < -0.4 is 0 Å². The number of allylic oxidation sites excluding steroid dienone is 11. The van der Waals surface area contributed by atoms with Crippen LogP contribution >= 0.6 is 0 Å². The summed E-state index contributed by atoms with van der Waals surface area (Å²) in [7, 11) is 0. The molecule has 158 valence electrons. The van der Waals surface area contributed by atoms with Gasteiger partial charge in [-0.2, -0.15) is 26.3 Å². The molecule has 0 aliphatic heterocycles. The van der Waals surface area contributed by atoms with Crippen molar-refractivity contribution < 1.29 is 26.3 Å². The van der Waals surface area contributed by atoms with E-state index in [0.29, 0.717) is 0 Å². The predicted octanol–water partition coefficient (Wildman–Crippen LogP) is 8.28. The first-order valence-electron chi connectivity index (χ1n) is 9.09. The molecular formula is C22H28F6. The lowest BCUT2D eigenvalue weighted by Crippen LogP contribution is -2.51. The molecule has 0 aromatic heterocycles. The van der Waals surface area contributed by atoms with Gasteiger partial charge in [-0.15, -0.1) is 0 Å². The molecule has 1 aliphatic rings. The highest BCUT2D eigenvalue weighted by atomic mass is 19.4. The van der Waals surface area contributed by atoms with Gasteiger partial charge in [0, 0.05) is 0 Å². The summed E-state index contributed by atoms with van der Waals surface area (Å²) >= 11 is 0. The summed E-state index contributed by atoms with van der Waals surface area (Å²) in [5.41, 5.74) is -6.07. The molecule has 6 heteroatoms. The Hall–Kier alpha value is -1.98. The zero-order valence-corrected chi connectivity index (χ0v) is 17.1. The summed E-state index contributed by atoms with van der Waals surface area (Å²) in [6.45, 7) is 13.8. The Morgan fingerprint density at radius 2 is 1.18 bits per heavy atom. The van der Waals surface area contributed by atoms with Gasteiger partial charge < -0.3 is 0 Å². The molecule has 0 N–H and O–H groups in total. The Morgan fingerprint density at radius 1 is 0.786 bits per heavy atom. The van der Waals surface area contributed by atoms with Crippen LogP contribution in [0.5, 0.6) is 0 Å². The third-order valence-corrected chi connectivity index (χ3v) is 4.05. The number of rotatable bonds is 5. The van der Waals surface area contributed by atoms with Crippen molar-refractivity contribution in [3.05, 3.63) is 71.4 Å². The maximum Gasteiger partial charge on any atom is 0.411 e. The highest BCUT2D eigenvalue weighted by Gasteiger charge is 2.75. The molecule has 28 heavy (non-hydrogen) atoms. The second kappa shape index (κ2) is 9.99. The van der Waals surface area contributed by atoms with Gasteiger partial charge in [0.25, 0.3) is 0 Å². The Morgan fingerprint density at radius 3 is 1.46 bits per heavy atom. The molecule has 0 nitrogen and oxygen atoms in total. The van der Waals surface area contributed by atoms with Crippen LogP contribution in [0.2, 0.25) is 0 Å². The summed E-state index contributed by atoms with van der Waals surface area (Å²) in [6.07, 6.45) is -3.08. The Labute approximate surface area is 163 Å². The van der Waals surface area contributed by atoms with E-state index >= 15 is 0 Å². The lowest BCUT2D eigenvalue weighted by molar-refractivity contribution is -0.307. The second-order valence-corrected chi connectivity index (χ2v) is 6.21. The van der Waals surface area contributed by atoms with E-state index < -0.39 is 28.9 Å². The average Bonchev–Trinajstić information content (AvgIpc) is 2.84. The minimum absolute atomic E-state index is 0.0441. The Kier molecular flexibility index (Phi) is 9.28. The van der Waals surface area contributed by atoms with Crippen molar-refractivity contribution in [3.8, 4) is 0 Å². The van der Waals surface area contributed by atoms with Crippen molar-refractivity contribution in [3.63, 3.8) is 0 Å². The maximum atomic E-state index is 14.0. The van der Waals surface area contributed by atoms with Gasteiger partial charge in [0.15, 0.2) is 0 Å². The highest BCUT2D eigenvalue weighted by Crippen LogP contribution is 2.65. The quantitative estimate of drug-likeness (QED) is 0.403. The van der Waals surface area contributed by atoms with Crippen molar-refractivity contribution in [2.45, 2.75) is 53.9 Å². The minimum atomic E-state index is -5.57. The van der Waals surface area contributed by atoms with Gasteiger partial charge in [-0.05, 0) is 42.1 Å². The summed E-state index contributed by atoms with van der Waals surface area (Å²) in [5, 5.41) is 0. The van der Waals surface area contributed by atoms with Crippen molar-refractivity contribution >= 4 is 0 Å². The average molecular weight is 406 g/mol. The van der Waals surface area contributed by atoms with Gasteiger partial charge in [0.2, 0.25) is 5.41 Å². The molecule has 1 rings (SSSR count). The van der Waals surface area contributed by atoms with Crippen LogP contribution in [0.3, 0.4) is 0 Å². The van der Waals surface area contributed by atoms with Crippen LogP contribution in [-0.2, 0) is 0 Å². The van der Waals surface area contributed by atoms with E-state index in [4.69, 9.17) is 0 Å². The van der Waals surface area contributed by atoms with Crippen molar-refractivity contribution in [2.75, 3.05) is 0 Å². The third-order valence-electron chi connectivity index (χ3n) is 4.05. The maximum absolute atomic E-state index is 14.0. The number of alkyl halides is 6. The fourth-order valence-corrected chi connectivity index (χ4v) is 3.06. The van der Waals surface area contributed by atoms with Crippen LogP contribution in [0.4, 0.5) is 26.3 Å². The molecular weight excluding hydrogens is 378 g/mol. The van der Waals surface area contributed by atoms with E-state index in [-0.39, 0.29) is 17.1 Å². The predicted molar refractivity (Wildman–Crippen MR) is 104 cm³/mol. The van der Waals surface area contributed by atoms with Crippen molar-refractivity contribution in [2.24, 2.45) is 11.3 Å². The highest BCUT2D eigenvalue weighted by molar-refractivity contribution is 5.68. The SMILES string of the molecule is C=CC1=C(/C=C\C)C(C(F)(F)F)(C(F)(F)F)C(/C=C\C)=C1/C=C\C(C)C.CC. The zero-order chi connectivity index (χ0) is 22.3. The fourth-order valence-electron chi connectivity index (χ4n) is 3.06. The first-order chi connectivity index (χ1) is 12.9. The molecule has 0 fully saturated rings. The van der Waals surface area contributed by atoms with Crippen LogP contribution in [0.15, 0.2) is 71.4 Å². The normalized spacial score (nSPS) is 18.0. The summed E-state index contributed by atoms with van der Waals surface area (Å²) < 4.78 is 84.2.